The fourth-order valence-electron chi connectivity index (χ4n) is 1.78. The van der Waals surface area contributed by atoms with Gasteiger partial charge in [-0.3, -0.25) is 5.32 Å². The maximum Gasteiger partial charge on any atom is 0.321 e. The molecule has 1 aromatic heterocycles. The van der Waals surface area contributed by atoms with Gasteiger partial charge < -0.3 is 15.2 Å². The number of hydrogen-bond acceptors (Lipinski definition) is 5. The number of amides is 2. The summed E-state index contributed by atoms with van der Waals surface area (Å²) < 4.78 is 6.33. The van der Waals surface area contributed by atoms with Gasteiger partial charge in [-0.25, -0.2) is 9.78 Å². The number of rotatable bonds is 7. The Kier molecular flexibility index (Phi) is 6.11. The van der Waals surface area contributed by atoms with Crippen LogP contribution < -0.4 is 10.6 Å². The minimum atomic E-state index is -0.722. The van der Waals surface area contributed by atoms with Crippen LogP contribution in [-0.2, 0) is 4.74 Å². The molecule has 0 aliphatic heterocycles. The largest absolute Gasteiger partial charge is 0.389 e. The van der Waals surface area contributed by atoms with Gasteiger partial charge in [0.05, 0.1) is 22.9 Å². The molecule has 1 heterocycles. The summed E-state index contributed by atoms with van der Waals surface area (Å²) in [5.74, 6) is 0.419. The van der Waals surface area contributed by atoms with E-state index < -0.39 is 6.10 Å². The molecule has 2 rings (SSSR count). The zero-order chi connectivity index (χ0) is 15.9. The number of aliphatic hydroxyl groups excluding tert-OH is 1. The van der Waals surface area contributed by atoms with E-state index >= 15 is 0 Å². The van der Waals surface area contributed by atoms with Crippen LogP contribution in [0.1, 0.15) is 13.8 Å². The van der Waals surface area contributed by atoms with E-state index in [2.05, 4.69) is 15.6 Å². The first-order chi connectivity index (χ1) is 10.5. The van der Waals surface area contributed by atoms with Crippen LogP contribution in [0.25, 0.3) is 10.2 Å². The molecular weight excluding hydrogens is 302 g/mol. The molecule has 0 spiro atoms. The second kappa shape index (κ2) is 8.07. The Balaban J connectivity index is 1.73. The second-order valence-corrected chi connectivity index (χ2v) is 6.44. The van der Waals surface area contributed by atoms with Gasteiger partial charge in [-0.15, -0.1) is 0 Å². The number of urea groups is 1. The van der Waals surface area contributed by atoms with E-state index in [1.165, 1.54) is 11.3 Å². The number of hydrogen-bond donors (Lipinski definition) is 3. The zero-order valence-corrected chi connectivity index (χ0v) is 13.5. The number of carbonyl (C=O) groups is 1. The Morgan fingerprint density at radius 2 is 2.14 bits per heavy atom. The third kappa shape index (κ3) is 5.25. The predicted molar refractivity (Wildman–Crippen MR) is 88.3 cm³/mol. The number of aliphatic hydroxyl groups is 1. The van der Waals surface area contributed by atoms with Gasteiger partial charge in [0, 0.05) is 13.2 Å². The Labute approximate surface area is 133 Å². The van der Waals surface area contributed by atoms with Crippen molar-refractivity contribution < 1.29 is 14.6 Å². The van der Waals surface area contributed by atoms with E-state index in [4.69, 9.17) is 4.74 Å². The summed E-state index contributed by atoms with van der Waals surface area (Å²) in [6, 6.07) is 7.29. The monoisotopic (exact) mass is 323 g/mol. The third-order valence-electron chi connectivity index (χ3n) is 2.77. The number of nitrogens with zero attached hydrogens (tertiary/aromatic N) is 1. The molecule has 1 aromatic carbocycles. The molecule has 6 nitrogen and oxygen atoms in total. The first-order valence-electron chi connectivity index (χ1n) is 7.21. The Bertz CT molecular complexity index is 582. The highest BCUT2D eigenvalue weighted by Gasteiger charge is 2.10. The molecule has 0 saturated heterocycles. The van der Waals surface area contributed by atoms with Gasteiger partial charge in [-0.2, -0.15) is 0 Å². The molecule has 22 heavy (non-hydrogen) atoms. The molecule has 0 fully saturated rings. The van der Waals surface area contributed by atoms with Crippen molar-refractivity contribution in [2.75, 3.05) is 25.1 Å². The number of nitrogens with one attached hydrogen (secondary N) is 2. The van der Waals surface area contributed by atoms with Crippen LogP contribution in [0.3, 0.4) is 0 Å². The number of aromatic nitrogens is 1. The van der Waals surface area contributed by atoms with Crippen molar-refractivity contribution in [1.29, 1.82) is 0 Å². The first-order valence-corrected chi connectivity index (χ1v) is 8.02. The third-order valence-corrected chi connectivity index (χ3v) is 3.73. The lowest BCUT2D eigenvalue weighted by Gasteiger charge is -2.13. The smallest absolute Gasteiger partial charge is 0.321 e. The van der Waals surface area contributed by atoms with E-state index in [1.54, 1.807) is 0 Å². The normalized spacial score (nSPS) is 12.5. The Morgan fingerprint density at radius 1 is 1.36 bits per heavy atom. The van der Waals surface area contributed by atoms with Gasteiger partial charge >= 0.3 is 6.03 Å². The highest BCUT2D eigenvalue weighted by atomic mass is 32.1. The van der Waals surface area contributed by atoms with Crippen LogP contribution in [0, 0.1) is 5.92 Å². The summed E-state index contributed by atoms with van der Waals surface area (Å²) in [7, 11) is 0. The molecule has 0 radical (unpaired) electrons. The molecule has 1 atom stereocenters. The van der Waals surface area contributed by atoms with E-state index in [9.17, 15) is 9.90 Å². The van der Waals surface area contributed by atoms with Crippen molar-refractivity contribution in [2.45, 2.75) is 20.0 Å². The summed E-state index contributed by atoms with van der Waals surface area (Å²) in [5.41, 5.74) is 0.852. The molecule has 2 aromatic rings. The van der Waals surface area contributed by atoms with Crippen molar-refractivity contribution in [3.05, 3.63) is 24.3 Å². The molecule has 120 valence electrons. The van der Waals surface area contributed by atoms with Gasteiger partial charge in [0.1, 0.15) is 0 Å². The summed E-state index contributed by atoms with van der Waals surface area (Å²) in [4.78, 5) is 16.1. The number of anilines is 1. The number of ether oxygens (including phenoxy) is 1. The molecule has 0 saturated carbocycles. The standard InChI is InChI=1S/C15H21N3O3S/c1-10(2)8-21-9-11(19)7-16-14(20)18-15-17-12-5-3-4-6-13(12)22-15/h3-6,10-11,19H,7-9H2,1-2H3,(H2,16,17,18,20). The second-order valence-electron chi connectivity index (χ2n) is 5.41. The number of para-hydroxylation sites is 1. The molecule has 1 unspecified atom stereocenters. The van der Waals surface area contributed by atoms with Gasteiger partial charge in [0.15, 0.2) is 5.13 Å². The minimum Gasteiger partial charge on any atom is -0.389 e. The van der Waals surface area contributed by atoms with Crippen LogP contribution in [0.15, 0.2) is 24.3 Å². The number of fused-ring (bicyclic) bond motifs is 1. The van der Waals surface area contributed by atoms with Crippen molar-refractivity contribution in [1.82, 2.24) is 10.3 Å². The molecule has 0 bridgehead atoms. The molecule has 3 N–H and O–H groups in total. The van der Waals surface area contributed by atoms with Gasteiger partial charge in [-0.1, -0.05) is 37.3 Å². The minimum absolute atomic E-state index is 0.134. The van der Waals surface area contributed by atoms with Crippen molar-refractivity contribution in [2.24, 2.45) is 5.92 Å². The average molecular weight is 323 g/mol. The molecule has 2 amide bonds. The summed E-state index contributed by atoms with van der Waals surface area (Å²) in [5, 5.41) is 15.5. The summed E-state index contributed by atoms with van der Waals surface area (Å²) >= 11 is 1.41. The van der Waals surface area contributed by atoms with Crippen molar-refractivity contribution in [3.63, 3.8) is 0 Å². The number of carbonyl (C=O) groups excluding carboxylic acids is 1. The predicted octanol–water partition coefficient (Wildman–Crippen LogP) is 2.45. The zero-order valence-electron chi connectivity index (χ0n) is 12.7. The molecular formula is C15H21N3O3S. The van der Waals surface area contributed by atoms with Gasteiger partial charge in [0.2, 0.25) is 0 Å². The van der Waals surface area contributed by atoms with Gasteiger partial charge in [0.25, 0.3) is 0 Å². The van der Waals surface area contributed by atoms with Crippen LogP contribution in [-0.4, -0.2) is 42.0 Å². The Morgan fingerprint density at radius 3 is 2.86 bits per heavy atom. The fraction of sp³-hybridized carbons (Fsp3) is 0.467. The molecule has 0 aliphatic rings. The molecule has 7 heteroatoms. The van der Waals surface area contributed by atoms with E-state index in [1.807, 2.05) is 38.1 Å². The summed E-state index contributed by atoms with van der Waals surface area (Å²) in [6.07, 6.45) is -0.722. The highest BCUT2D eigenvalue weighted by Crippen LogP contribution is 2.25. The van der Waals surface area contributed by atoms with E-state index in [0.717, 1.165) is 10.2 Å². The lowest BCUT2D eigenvalue weighted by atomic mass is 10.2. The quantitative estimate of drug-likeness (QED) is 0.731. The van der Waals surface area contributed by atoms with Crippen LogP contribution in [0.4, 0.5) is 9.93 Å². The van der Waals surface area contributed by atoms with Gasteiger partial charge in [-0.05, 0) is 18.1 Å². The first kappa shape index (κ1) is 16.7. The van der Waals surface area contributed by atoms with Crippen molar-refractivity contribution >= 4 is 32.7 Å². The van der Waals surface area contributed by atoms with Crippen LogP contribution in [0.2, 0.25) is 0 Å². The van der Waals surface area contributed by atoms with Crippen molar-refractivity contribution in [3.8, 4) is 0 Å². The van der Waals surface area contributed by atoms with Crippen LogP contribution >= 0.6 is 11.3 Å². The highest BCUT2D eigenvalue weighted by molar-refractivity contribution is 7.22. The number of thiazole rings is 1. The Hall–Kier alpha value is -1.70. The average Bonchev–Trinajstić information content (AvgIpc) is 2.86. The van der Waals surface area contributed by atoms with E-state index in [-0.39, 0.29) is 19.2 Å². The molecule has 0 aliphatic carbocycles. The fourth-order valence-corrected chi connectivity index (χ4v) is 2.64. The van der Waals surface area contributed by atoms with E-state index in [0.29, 0.717) is 17.7 Å². The SMILES string of the molecule is CC(C)COCC(O)CNC(=O)Nc1nc2ccccc2s1. The maximum atomic E-state index is 11.8. The lowest BCUT2D eigenvalue weighted by Crippen LogP contribution is -2.37. The number of benzene rings is 1. The summed E-state index contributed by atoms with van der Waals surface area (Å²) in [6.45, 7) is 5.01. The maximum absolute atomic E-state index is 11.8. The van der Waals surface area contributed by atoms with Crippen LogP contribution in [0.5, 0.6) is 0 Å². The topological polar surface area (TPSA) is 83.5 Å². The lowest BCUT2D eigenvalue weighted by molar-refractivity contribution is 0.0274.